The number of pyridine rings is 1. The molecule has 3 aromatic heterocycles. The molecular formula is C23H25N7O2S2. The number of nitrogens with one attached hydrogen (secondary N) is 1. The Bertz CT molecular complexity index is 1170. The van der Waals surface area contributed by atoms with Gasteiger partial charge in [0.1, 0.15) is 11.9 Å². The van der Waals surface area contributed by atoms with E-state index in [1.165, 1.54) is 24.2 Å². The van der Waals surface area contributed by atoms with Gasteiger partial charge in [0.05, 0.1) is 36.0 Å². The largest absolute Gasteiger partial charge is 0.376 e. The molecule has 1 amide bonds. The van der Waals surface area contributed by atoms with Crippen molar-refractivity contribution in [2.24, 2.45) is 0 Å². The number of anilines is 1. The highest BCUT2D eigenvalue weighted by molar-refractivity contribution is 8.01. The van der Waals surface area contributed by atoms with Gasteiger partial charge in [0, 0.05) is 48.3 Å². The molecule has 3 fully saturated rings. The van der Waals surface area contributed by atoms with Crippen molar-refractivity contribution in [2.75, 3.05) is 24.5 Å². The summed E-state index contributed by atoms with van der Waals surface area (Å²) >= 11 is 3.10. The summed E-state index contributed by atoms with van der Waals surface area (Å²) in [5.41, 5.74) is 2.60. The number of fused-ring (bicyclic) bond motifs is 1. The Hall–Kier alpha value is -2.60. The molecule has 2 aliphatic heterocycles. The summed E-state index contributed by atoms with van der Waals surface area (Å²) in [5.74, 6) is -0.108. The van der Waals surface area contributed by atoms with Crippen LogP contribution in [0.25, 0.3) is 10.6 Å². The second kappa shape index (κ2) is 9.21. The standard InChI is InChI=1S/C23H25N7O2S2/c1-14-12-32-13-21-29(14)11-19(17-8-15(4-5-25-17)28-34-16-2-3-16)30(21)23(31)22-27-10-20(33-22)18-9-24-6-7-26-18/h4-10,14,16,19,21H,2-3,11-13H2,1H3,(H,25,28). The van der Waals surface area contributed by atoms with Crippen LogP contribution in [0.15, 0.2) is 43.1 Å². The lowest BCUT2D eigenvalue weighted by Gasteiger charge is -2.38. The molecule has 6 rings (SSSR count). The summed E-state index contributed by atoms with van der Waals surface area (Å²) in [4.78, 5) is 36.5. The van der Waals surface area contributed by atoms with Crippen LogP contribution in [-0.4, -0.2) is 72.9 Å². The number of carbonyl (C=O) groups is 1. The van der Waals surface area contributed by atoms with Crippen molar-refractivity contribution >= 4 is 34.9 Å². The van der Waals surface area contributed by atoms with E-state index in [1.807, 2.05) is 17.2 Å². The number of amides is 1. The third kappa shape index (κ3) is 4.28. The van der Waals surface area contributed by atoms with Crippen LogP contribution in [0.1, 0.15) is 41.3 Å². The molecule has 3 atom stereocenters. The van der Waals surface area contributed by atoms with Gasteiger partial charge in [-0.1, -0.05) is 0 Å². The zero-order chi connectivity index (χ0) is 23.1. The van der Waals surface area contributed by atoms with Crippen LogP contribution in [0.2, 0.25) is 0 Å². The first-order chi connectivity index (χ1) is 16.7. The topological polar surface area (TPSA) is 96.4 Å². The molecule has 176 valence electrons. The number of rotatable bonds is 6. The predicted molar refractivity (Wildman–Crippen MR) is 131 cm³/mol. The van der Waals surface area contributed by atoms with Crippen LogP contribution in [0.3, 0.4) is 0 Å². The molecule has 2 saturated heterocycles. The van der Waals surface area contributed by atoms with Crippen LogP contribution in [-0.2, 0) is 4.74 Å². The van der Waals surface area contributed by atoms with Gasteiger partial charge in [0.2, 0.25) is 0 Å². The molecule has 3 unspecified atom stereocenters. The van der Waals surface area contributed by atoms with E-state index in [0.29, 0.717) is 29.2 Å². The van der Waals surface area contributed by atoms with Crippen molar-refractivity contribution in [1.82, 2.24) is 29.7 Å². The lowest BCUT2D eigenvalue weighted by molar-refractivity contribution is -0.0563. The molecule has 0 spiro atoms. The number of aromatic nitrogens is 4. The lowest BCUT2D eigenvalue weighted by Crippen LogP contribution is -2.53. The fourth-order valence-corrected chi connectivity index (χ4v) is 6.06. The predicted octanol–water partition coefficient (Wildman–Crippen LogP) is 3.46. The fourth-order valence-electron chi connectivity index (χ4n) is 4.44. The molecule has 11 heteroatoms. The summed E-state index contributed by atoms with van der Waals surface area (Å²) in [5, 5.41) is 1.13. The summed E-state index contributed by atoms with van der Waals surface area (Å²) in [6, 6.07) is 4.08. The summed E-state index contributed by atoms with van der Waals surface area (Å²) in [7, 11) is 0. The van der Waals surface area contributed by atoms with Gasteiger partial charge in [0.25, 0.3) is 5.91 Å². The highest BCUT2D eigenvalue weighted by atomic mass is 32.2. The van der Waals surface area contributed by atoms with Crippen molar-refractivity contribution in [2.45, 2.75) is 43.3 Å². The van der Waals surface area contributed by atoms with Gasteiger partial charge in [0.15, 0.2) is 5.01 Å². The Morgan fingerprint density at radius 2 is 2.09 bits per heavy atom. The molecule has 5 heterocycles. The number of ether oxygens (including phenoxy) is 1. The van der Waals surface area contributed by atoms with Crippen molar-refractivity contribution in [3.63, 3.8) is 0 Å². The third-order valence-corrected chi connectivity index (χ3v) is 8.51. The zero-order valence-corrected chi connectivity index (χ0v) is 20.3. The number of nitrogens with zero attached hydrogens (tertiary/aromatic N) is 6. The van der Waals surface area contributed by atoms with Gasteiger partial charge in [-0.25, -0.2) is 4.98 Å². The Morgan fingerprint density at radius 1 is 1.18 bits per heavy atom. The number of hydrogen-bond acceptors (Lipinski definition) is 10. The van der Waals surface area contributed by atoms with Crippen LogP contribution >= 0.6 is 23.3 Å². The number of morpholine rings is 1. The molecule has 1 aliphatic carbocycles. The van der Waals surface area contributed by atoms with Gasteiger partial charge in [-0.2, -0.15) is 0 Å². The van der Waals surface area contributed by atoms with Crippen LogP contribution < -0.4 is 4.72 Å². The van der Waals surface area contributed by atoms with E-state index >= 15 is 0 Å². The Morgan fingerprint density at radius 3 is 2.91 bits per heavy atom. The molecule has 3 aliphatic rings. The monoisotopic (exact) mass is 495 g/mol. The molecule has 1 saturated carbocycles. The first kappa shape index (κ1) is 21.9. The Kier molecular flexibility index (Phi) is 5.94. The van der Waals surface area contributed by atoms with E-state index in [4.69, 9.17) is 4.74 Å². The van der Waals surface area contributed by atoms with Crippen LogP contribution in [0.5, 0.6) is 0 Å². The van der Waals surface area contributed by atoms with E-state index < -0.39 is 0 Å². The summed E-state index contributed by atoms with van der Waals surface area (Å²) in [6.45, 7) is 4.00. The van der Waals surface area contributed by atoms with Crippen molar-refractivity contribution in [3.05, 3.63) is 53.8 Å². The van der Waals surface area contributed by atoms with Gasteiger partial charge in [-0.05, 0) is 43.8 Å². The highest BCUT2D eigenvalue weighted by Gasteiger charge is 2.48. The smallest absolute Gasteiger partial charge is 0.284 e. The van der Waals surface area contributed by atoms with E-state index in [-0.39, 0.29) is 24.2 Å². The number of hydrogen-bond donors (Lipinski definition) is 1. The minimum atomic E-state index is -0.182. The lowest BCUT2D eigenvalue weighted by atomic mass is 10.1. The Balaban J connectivity index is 1.31. The van der Waals surface area contributed by atoms with Gasteiger partial charge >= 0.3 is 0 Å². The molecule has 34 heavy (non-hydrogen) atoms. The first-order valence-electron chi connectivity index (χ1n) is 11.4. The molecule has 1 N–H and O–H groups in total. The molecule has 0 bridgehead atoms. The van der Waals surface area contributed by atoms with E-state index in [2.05, 4.69) is 42.5 Å². The first-order valence-corrected chi connectivity index (χ1v) is 13.1. The maximum atomic E-state index is 13.9. The average Bonchev–Trinajstić information content (AvgIpc) is 3.41. The van der Waals surface area contributed by atoms with E-state index in [0.717, 1.165) is 22.8 Å². The average molecular weight is 496 g/mol. The minimum Gasteiger partial charge on any atom is -0.376 e. The second-order valence-corrected chi connectivity index (χ2v) is 10.9. The van der Waals surface area contributed by atoms with Crippen LogP contribution in [0.4, 0.5) is 5.69 Å². The third-order valence-electron chi connectivity index (χ3n) is 6.34. The van der Waals surface area contributed by atoms with Crippen molar-refractivity contribution in [3.8, 4) is 10.6 Å². The van der Waals surface area contributed by atoms with Gasteiger partial charge < -0.3 is 14.4 Å². The number of carbonyl (C=O) groups excluding carboxylic acids is 1. The maximum Gasteiger partial charge on any atom is 0.284 e. The summed E-state index contributed by atoms with van der Waals surface area (Å²) < 4.78 is 9.31. The fraction of sp³-hybridized carbons (Fsp3) is 0.435. The molecular weight excluding hydrogens is 470 g/mol. The highest BCUT2D eigenvalue weighted by Crippen LogP contribution is 2.39. The normalized spacial score (nSPS) is 24.7. The quantitative estimate of drug-likeness (QED) is 0.516. The van der Waals surface area contributed by atoms with Gasteiger partial charge in [-0.3, -0.25) is 24.6 Å². The van der Waals surface area contributed by atoms with Gasteiger partial charge in [-0.15, -0.1) is 11.3 Å². The van der Waals surface area contributed by atoms with Crippen molar-refractivity contribution in [1.29, 1.82) is 0 Å². The second-order valence-electron chi connectivity index (χ2n) is 8.80. The molecule has 0 aromatic carbocycles. The summed E-state index contributed by atoms with van der Waals surface area (Å²) in [6.07, 6.45) is 10.8. The van der Waals surface area contributed by atoms with E-state index in [9.17, 15) is 4.79 Å². The molecule has 3 aromatic rings. The minimum absolute atomic E-state index is 0.108. The van der Waals surface area contributed by atoms with E-state index in [1.54, 1.807) is 36.7 Å². The maximum absolute atomic E-state index is 13.9. The Labute approximate surface area is 206 Å². The number of thiazole rings is 1. The molecule has 0 radical (unpaired) electrons. The zero-order valence-electron chi connectivity index (χ0n) is 18.7. The van der Waals surface area contributed by atoms with Crippen LogP contribution in [0, 0.1) is 0 Å². The van der Waals surface area contributed by atoms with Crippen molar-refractivity contribution < 1.29 is 9.53 Å². The SMILES string of the molecule is CC1COCC2N1CC(c1cc(NSC3CC3)ccn1)N2C(=O)c1ncc(-c2cnccn2)s1. The molecule has 9 nitrogen and oxygen atoms in total.